The van der Waals surface area contributed by atoms with Gasteiger partial charge in [-0.2, -0.15) is 0 Å². The van der Waals surface area contributed by atoms with E-state index >= 15 is 0 Å². The summed E-state index contributed by atoms with van der Waals surface area (Å²) in [4.78, 5) is 35.9. The molecule has 0 saturated carbocycles. The van der Waals surface area contributed by atoms with E-state index < -0.39 is 0 Å². The van der Waals surface area contributed by atoms with Gasteiger partial charge < -0.3 is 15.5 Å². The van der Waals surface area contributed by atoms with Crippen LogP contribution in [0.4, 0.5) is 0 Å². The van der Waals surface area contributed by atoms with Crippen LogP contribution in [-0.4, -0.2) is 48.3 Å². The Morgan fingerprint density at radius 2 is 2.00 bits per heavy atom. The summed E-state index contributed by atoms with van der Waals surface area (Å²) in [5.74, 6) is -0.245. The number of rotatable bonds is 2. The van der Waals surface area contributed by atoms with Gasteiger partial charge in [-0.05, 0) is 12.8 Å². The number of nitrogens with one attached hydrogen (secondary N) is 2. The van der Waals surface area contributed by atoms with Crippen LogP contribution >= 0.6 is 0 Å². The van der Waals surface area contributed by atoms with Gasteiger partial charge in [-0.1, -0.05) is 0 Å². The number of carbonyl (C=O) groups is 3. The minimum absolute atomic E-state index is 0.0466. The van der Waals surface area contributed by atoms with Crippen LogP contribution in [0.2, 0.25) is 0 Å². The molecule has 0 bridgehead atoms. The molecule has 18 heavy (non-hydrogen) atoms. The molecule has 2 rings (SSSR count). The Hall–Kier alpha value is -1.59. The van der Waals surface area contributed by atoms with Crippen molar-refractivity contribution in [2.75, 3.05) is 19.6 Å². The Bertz CT molecular complexity index is 362. The molecule has 2 saturated heterocycles. The van der Waals surface area contributed by atoms with Crippen LogP contribution < -0.4 is 10.6 Å². The van der Waals surface area contributed by atoms with E-state index in [1.807, 2.05) is 0 Å². The van der Waals surface area contributed by atoms with Gasteiger partial charge in [-0.3, -0.25) is 14.4 Å². The molecule has 0 aromatic rings. The highest BCUT2D eigenvalue weighted by atomic mass is 16.2. The summed E-state index contributed by atoms with van der Waals surface area (Å²) in [6.07, 6.45) is 1.87. The summed E-state index contributed by atoms with van der Waals surface area (Å²) in [5, 5.41) is 5.63. The Balaban J connectivity index is 1.76. The van der Waals surface area contributed by atoms with Crippen molar-refractivity contribution in [1.29, 1.82) is 0 Å². The molecule has 0 spiro atoms. The van der Waals surface area contributed by atoms with Gasteiger partial charge in [0.1, 0.15) is 0 Å². The maximum absolute atomic E-state index is 11.9. The molecule has 6 heteroatoms. The van der Waals surface area contributed by atoms with E-state index in [2.05, 4.69) is 10.6 Å². The summed E-state index contributed by atoms with van der Waals surface area (Å²) < 4.78 is 0. The van der Waals surface area contributed by atoms with E-state index in [-0.39, 0.29) is 36.1 Å². The number of likely N-dealkylation sites (tertiary alicyclic amines) is 1. The maximum atomic E-state index is 11.9. The van der Waals surface area contributed by atoms with Crippen molar-refractivity contribution >= 4 is 17.7 Å². The quantitative estimate of drug-likeness (QED) is 0.679. The highest BCUT2D eigenvalue weighted by molar-refractivity contribution is 5.89. The highest BCUT2D eigenvalue weighted by Crippen LogP contribution is 2.13. The van der Waals surface area contributed by atoms with Crippen molar-refractivity contribution in [1.82, 2.24) is 15.5 Å². The largest absolute Gasteiger partial charge is 0.355 e. The third-order valence-electron chi connectivity index (χ3n) is 3.63. The first kappa shape index (κ1) is 12.9. The van der Waals surface area contributed by atoms with Crippen LogP contribution in [0.25, 0.3) is 0 Å². The lowest BCUT2D eigenvalue weighted by molar-refractivity contribution is -0.130. The average molecular weight is 253 g/mol. The molecule has 0 aromatic heterocycles. The number of hydrogen-bond acceptors (Lipinski definition) is 3. The van der Waals surface area contributed by atoms with Gasteiger partial charge >= 0.3 is 0 Å². The summed E-state index contributed by atoms with van der Waals surface area (Å²) >= 11 is 0. The smallest absolute Gasteiger partial charge is 0.225 e. The minimum Gasteiger partial charge on any atom is -0.355 e. The van der Waals surface area contributed by atoms with E-state index in [0.717, 1.165) is 12.8 Å². The molecule has 3 amide bonds. The van der Waals surface area contributed by atoms with E-state index in [9.17, 15) is 14.4 Å². The van der Waals surface area contributed by atoms with Gasteiger partial charge in [-0.25, -0.2) is 0 Å². The van der Waals surface area contributed by atoms with Gasteiger partial charge in [0.05, 0.1) is 5.92 Å². The molecule has 2 N–H and O–H groups in total. The van der Waals surface area contributed by atoms with Crippen LogP contribution in [0.5, 0.6) is 0 Å². The normalized spacial score (nSPS) is 24.8. The standard InChI is InChI=1S/C12H19N3O3/c1-8(16)15-4-2-10(3-5-15)14-12(18)9-6-11(17)13-7-9/h9-10H,2-7H2,1H3,(H,13,17)(H,14,18). The Labute approximate surface area is 106 Å². The molecule has 2 aliphatic heterocycles. The lowest BCUT2D eigenvalue weighted by atomic mass is 10.0. The topological polar surface area (TPSA) is 78.5 Å². The summed E-state index contributed by atoms with van der Waals surface area (Å²) in [6, 6.07) is 0.129. The molecule has 2 aliphatic rings. The molecule has 0 aromatic carbocycles. The van der Waals surface area contributed by atoms with Crippen LogP contribution in [0.3, 0.4) is 0 Å². The second-order valence-electron chi connectivity index (χ2n) is 4.99. The van der Waals surface area contributed by atoms with Crippen LogP contribution in [0.1, 0.15) is 26.2 Å². The molecule has 2 fully saturated rings. The van der Waals surface area contributed by atoms with Crippen molar-refractivity contribution in [2.24, 2.45) is 5.92 Å². The highest BCUT2D eigenvalue weighted by Gasteiger charge is 2.30. The zero-order valence-electron chi connectivity index (χ0n) is 10.6. The first-order valence-corrected chi connectivity index (χ1v) is 6.39. The molecular formula is C12H19N3O3. The zero-order valence-corrected chi connectivity index (χ0v) is 10.6. The SMILES string of the molecule is CC(=O)N1CCC(NC(=O)C2CNC(=O)C2)CC1. The molecule has 100 valence electrons. The number of hydrogen-bond donors (Lipinski definition) is 2. The van der Waals surface area contributed by atoms with Gasteiger partial charge in [0.2, 0.25) is 17.7 Å². The van der Waals surface area contributed by atoms with Gasteiger partial charge in [0.15, 0.2) is 0 Å². The number of nitrogens with zero attached hydrogens (tertiary/aromatic N) is 1. The van der Waals surface area contributed by atoms with Crippen molar-refractivity contribution < 1.29 is 14.4 Å². The first-order chi connectivity index (χ1) is 8.56. The van der Waals surface area contributed by atoms with Crippen LogP contribution in [0.15, 0.2) is 0 Å². The Kier molecular flexibility index (Phi) is 3.84. The molecule has 0 aliphatic carbocycles. The Morgan fingerprint density at radius 1 is 1.33 bits per heavy atom. The fourth-order valence-corrected chi connectivity index (χ4v) is 2.45. The molecule has 1 unspecified atom stereocenters. The third-order valence-corrected chi connectivity index (χ3v) is 3.63. The monoisotopic (exact) mass is 253 g/mol. The molecular weight excluding hydrogens is 234 g/mol. The van der Waals surface area contributed by atoms with Gasteiger partial charge in [-0.15, -0.1) is 0 Å². The summed E-state index contributed by atoms with van der Waals surface area (Å²) in [6.45, 7) is 3.40. The fraction of sp³-hybridized carbons (Fsp3) is 0.750. The number of carbonyl (C=O) groups excluding carboxylic acids is 3. The second kappa shape index (κ2) is 5.37. The van der Waals surface area contributed by atoms with E-state index in [4.69, 9.17) is 0 Å². The van der Waals surface area contributed by atoms with Crippen LogP contribution in [-0.2, 0) is 14.4 Å². The van der Waals surface area contributed by atoms with E-state index in [1.54, 1.807) is 11.8 Å². The van der Waals surface area contributed by atoms with Crippen molar-refractivity contribution in [2.45, 2.75) is 32.2 Å². The predicted octanol–water partition coefficient (Wildman–Crippen LogP) is -0.750. The first-order valence-electron chi connectivity index (χ1n) is 6.39. The summed E-state index contributed by atoms with van der Waals surface area (Å²) in [5.41, 5.74) is 0. The fourth-order valence-electron chi connectivity index (χ4n) is 2.45. The zero-order chi connectivity index (χ0) is 13.1. The molecule has 0 radical (unpaired) electrons. The molecule has 2 heterocycles. The lowest BCUT2D eigenvalue weighted by Gasteiger charge is -2.32. The second-order valence-corrected chi connectivity index (χ2v) is 4.99. The minimum atomic E-state index is -0.233. The number of amides is 3. The van der Waals surface area contributed by atoms with E-state index in [0.29, 0.717) is 19.6 Å². The predicted molar refractivity (Wildman–Crippen MR) is 64.5 cm³/mol. The van der Waals surface area contributed by atoms with Crippen molar-refractivity contribution in [3.63, 3.8) is 0 Å². The van der Waals surface area contributed by atoms with Gasteiger partial charge in [0, 0.05) is 39.0 Å². The molecule has 1 atom stereocenters. The Morgan fingerprint density at radius 3 is 2.50 bits per heavy atom. The summed E-state index contributed by atoms with van der Waals surface area (Å²) in [7, 11) is 0. The van der Waals surface area contributed by atoms with Crippen molar-refractivity contribution in [3.8, 4) is 0 Å². The maximum Gasteiger partial charge on any atom is 0.225 e. The molecule has 6 nitrogen and oxygen atoms in total. The van der Waals surface area contributed by atoms with E-state index in [1.165, 1.54) is 0 Å². The average Bonchev–Trinajstić information content (AvgIpc) is 2.76. The third kappa shape index (κ3) is 3.00. The van der Waals surface area contributed by atoms with Crippen molar-refractivity contribution in [3.05, 3.63) is 0 Å². The van der Waals surface area contributed by atoms with Crippen LogP contribution in [0, 0.1) is 5.92 Å². The van der Waals surface area contributed by atoms with Gasteiger partial charge in [0.25, 0.3) is 0 Å². The number of piperidine rings is 1. The lowest BCUT2D eigenvalue weighted by Crippen LogP contribution is -2.47.